The summed E-state index contributed by atoms with van der Waals surface area (Å²) in [6, 6.07) is 2.94. The molecule has 13 heteroatoms. The molecular weight excluding hydrogens is 443 g/mol. The molecule has 2 aliphatic heterocycles. The van der Waals surface area contributed by atoms with Gasteiger partial charge in [-0.25, -0.2) is 4.98 Å². The molecule has 4 heterocycles. The predicted molar refractivity (Wildman–Crippen MR) is 112 cm³/mol. The van der Waals surface area contributed by atoms with E-state index in [1.54, 1.807) is 19.3 Å². The topological polar surface area (TPSA) is 119 Å². The second kappa shape index (κ2) is 8.30. The first-order chi connectivity index (χ1) is 15.5. The van der Waals surface area contributed by atoms with Gasteiger partial charge in [0.2, 0.25) is 12.1 Å². The third kappa shape index (κ3) is 4.43. The van der Waals surface area contributed by atoms with Crippen molar-refractivity contribution in [2.45, 2.75) is 25.7 Å². The van der Waals surface area contributed by atoms with E-state index in [1.165, 1.54) is 33.0 Å². The molecule has 2 amide bonds. The summed E-state index contributed by atoms with van der Waals surface area (Å²) in [5, 5.41) is 6.63. The maximum Gasteiger partial charge on any atom is 0.405 e. The standard InChI is InChI=1S/C20H22F3N7O3/c1-11-4-6-29(18(11)32)17-13(8-28(2)27-17)30-14(16(24)31)9-33-19(30)12-3-5-25-15(7-12)26-10-20(21,22)23/h3,5,7-9,11,19H,4,6,10H2,1-2H3,(H2,24,31)(H,25,26)/t11-,19?/m0/s1. The van der Waals surface area contributed by atoms with Gasteiger partial charge in [-0.15, -0.1) is 0 Å². The van der Waals surface area contributed by atoms with Gasteiger partial charge in [-0.3, -0.25) is 24.1 Å². The number of primary amides is 1. The minimum absolute atomic E-state index is 0.00978. The Morgan fingerprint density at radius 3 is 2.79 bits per heavy atom. The van der Waals surface area contributed by atoms with Crippen LogP contribution in [0.4, 0.5) is 30.5 Å². The molecule has 2 atom stereocenters. The number of amides is 2. The monoisotopic (exact) mass is 465 g/mol. The van der Waals surface area contributed by atoms with Crippen LogP contribution in [0.1, 0.15) is 25.1 Å². The number of pyridine rings is 1. The average molecular weight is 465 g/mol. The van der Waals surface area contributed by atoms with Gasteiger partial charge in [0.25, 0.3) is 5.91 Å². The first-order valence-corrected chi connectivity index (χ1v) is 10.1. The fourth-order valence-electron chi connectivity index (χ4n) is 3.78. The van der Waals surface area contributed by atoms with Crippen LogP contribution in [0.25, 0.3) is 0 Å². The van der Waals surface area contributed by atoms with Gasteiger partial charge in [-0.05, 0) is 18.6 Å². The van der Waals surface area contributed by atoms with Crippen LogP contribution >= 0.6 is 0 Å². The zero-order chi connectivity index (χ0) is 23.9. The summed E-state index contributed by atoms with van der Waals surface area (Å²) in [6.07, 6.45) is -0.576. The minimum Gasteiger partial charge on any atom is -0.471 e. The Hall–Kier alpha value is -3.77. The molecule has 3 N–H and O–H groups in total. The second-order valence-corrected chi connectivity index (χ2v) is 7.86. The molecule has 0 aliphatic carbocycles. The SMILES string of the molecule is C[C@H]1CCN(c2nn(C)cc2N2C(C(N)=O)=COC2c2ccnc(NCC(F)(F)F)c2)C1=O. The van der Waals surface area contributed by atoms with E-state index in [1.807, 2.05) is 6.92 Å². The van der Waals surface area contributed by atoms with Gasteiger partial charge in [0, 0.05) is 31.3 Å². The van der Waals surface area contributed by atoms with Gasteiger partial charge in [-0.1, -0.05) is 6.92 Å². The number of anilines is 3. The minimum atomic E-state index is -4.42. The van der Waals surface area contributed by atoms with Crippen molar-refractivity contribution in [1.29, 1.82) is 0 Å². The summed E-state index contributed by atoms with van der Waals surface area (Å²) in [7, 11) is 1.67. The van der Waals surface area contributed by atoms with Gasteiger partial charge in [0.1, 0.15) is 30.0 Å². The number of aryl methyl sites for hydroxylation is 1. The molecule has 1 saturated heterocycles. The van der Waals surface area contributed by atoms with E-state index in [0.29, 0.717) is 30.0 Å². The molecule has 10 nitrogen and oxygen atoms in total. The van der Waals surface area contributed by atoms with Gasteiger partial charge in [0.05, 0.1) is 6.20 Å². The summed E-state index contributed by atoms with van der Waals surface area (Å²) >= 11 is 0. The maximum atomic E-state index is 12.7. The van der Waals surface area contributed by atoms with Crippen LogP contribution in [0, 0.1) is 5.92 Å². The summed E-state index contributed by atoms with van der Waals surface area (Å²) in [5.74, 6) is -0.731. The number of ether oxygens (including phenoxy) is 1. The van der Waals surface area contributed by atoms with Crippen molar-refractivity contribution in [2.75, 3.05) is 28.2 Å². The molecule has 0 saturated carbocycles. The van der Waals surface area contributed by atoms with Crippen molar-refractivity contribution < 1.29 is 27.5 Å². The smallest absolute Gasteiger partial charge is 0.405 e. The number of rotatable bonds is 6. The van der Waals surface area contributed by atoms with E-state index >= 15 is 0 Å². The third-order valence-corrected chi connectivity index (χ3v) is 5.37. The molecule has 2 aromatic rings. The van der Waals surface area contributed by atoms with Gasteiger partial charge in [-0.2, -0.15) is 18.3 Å². The fourth-order valence-corrected chi connectivity index (χ4v) is 3.78. The van der Waals surface area contributed by atoms with Crippen molar-refractivity contribution in [3.63, 3.8) is 0 Å². The van der Waals surface area contributed by atoms with E-state index < -0.39 is 24.9 Å². The van der Waals surface area contributed by atoms with E-state index in [4.69, 9.17) is 10.5 Å². The van der Waals surface area contributed by atoms with Crippen LogP contribution in [-0.4, -0.2) is 45.8 Å². The molecule has 1 unspecified atom stereocenters. The summed E-state index contributed by atoms with van der Waals surface area (Å²) in [4.78, 5) is 31.8. The molecular formula is C20H22F3N7O3. The largest absolute Gasteiger partial charge is 0.471 e. The van der Waals surface area contributed by atoms with E-state index in [0.717, 1.165) is 0 Å². The Labute approximate surface area is 186 Å². The van der Waals surface area contributed by atoms with E-state index in [2.05, 4.69) is 15.4 Å². The first-order valence-electron chi connectivity index (χ1n) is 10.1. The van der Waals surface area contributed by atoms with Crippen LogP contribution in [0.5, 0.6) is 0 Å². The van der Waals surface area contributed by atoms with Crippen LogP contribution in [0.15, 0.2) is 36.5 Å². The summed E-state index contributed by atoms with van der Waals surface area (Å²) < 4.78 is 45.0. The van der Waals surface area contributed by atoms with Crippen molar-refractivity contribution in [3.05, 3.63) is 42.0 Å². The Kier molecular flexibility index (Phi) is 5.64. The number of nitrogens with zero attached hydrogens (tertiary/aromatic N) is 5. The zero-order valence-electron chi connectivity index (χ0n) is 17.8. The van der Waals surface area contributed by atoms with Crippen molar-refractivity contribution in [1.82, 2.24) is 14.8 Å². The number of carbonyl (C=O) groups is 2. The highest BCUT2D eigenvalue weighted by atomic mass is 19.4. The Morgan fingerprint density at radius 1 is 1.39 bits per heavy atom. The molecule has 33 heavy (non-hydrogen) atoms. The second-order valence-electron chi connectivity index (χ2n) is 7.86. The first kappa shape index (κ1) is 22.4. The Balaban J connectivity index is 1.72. The number of alkyl halides is 3. The van der Waals surface area contributed by atoms with Crippen molar-refractivity contribution in [2.24, 2.45) is 18.7 Å². The quantitative estimate of drug-likeness (QED) is 0.670. The normalized spacial score (nSPS) is 20.8. The lowest BCUT2D eigenvalue weighted by Crippen LogP contribution is -2.33. The molecule has 2 aromatic heterocycles. The molecule has 0 spiro atoms. The van der Waals surface area contributed by atoms with Crippen LogP contribution in [-0.2, 0) is 21.4 Å². The predicted octanol–water partition coefficient (Wildman–Crippen LogP) is 2.02. The lowest BCUT2D eigenvalue weighted by atomic mass is 10.1. The molecule has 2 aliphatic rings. The van der Waals surface area contributed by atoms with Crippen LogP contribution in [0.2, 0.25) is 0 Å². The van der Waals surface area contributed by atoms with Gasteiger partial charge < -0.3 is 15.8 Å². The number of nitrogens with one attached hydrogen (secondary N) is 1. The highest BCUT2D eigenvalue weighted by Crippen LogP contribution is 2.42. The summed E-state index contributed by atoms with van der Waals surface area (Å²) in [5.41, 5.74) is 6.39. The molecule has 0 aromatic carbocycles. The van der Waals surface area contributed by atoms with Gasteiger partial charge >= 0.3 is 6.18 Å². The maximum absolute atomic E-state index is 12.7. The van der Waals surface area contributed by atoms with Crippen molar-refractivity contribution >= 4 is 29.1 Å². The number of halogens is 3. The van der Waals surface area contributed by atoms with E-state index in [-0.39, 0.29) is 23.3 Å². The fraction of sp³-hybridized carbons (Fsp3) is 0.400. The lowest BCUT2D eigenvalue weighted by Gasteiger charge is -2.28. The zero-order valence-corrected chi connectivity index (χ0v) is 17.8. The van der Waals surface area contributed by atoms with Crippen LogP contribution in [0.3, 0.4) is 0 Å². The van der Waals surface area contributed by atoms with Gasteiger partial charge in [0.15, 0.2) is 5.82 Å². The van der Waals surface area contributed by atoms with E-state index in [9.17, 15) is 22.8 Å². The number of hydrogen-bond acceptors (Lipinski definition) is 7. The number of carbonyl (C=O) groups excluding carboxylic acids is 2. The molecule has 4 rings (SSSR count). The number of aromatic nitrogens is 3. The number of nitrogens with two attached hydrogens (primary N) is 1. The Bertz CT molecular complexity index is 1110. The summed E-state index contributed by atoms with van der Waals surface area (Å²) in [6.45, 7) is 1.03. The van der Waals surface area contributed by atoms with Crippen LogP contribution < -0.4 is 20.9 Å². The molecule has 0 bridgehead atoms. The average Bonchev–Trinajstić information content (AvgIpc) is 3.43. The molecule has 176 valence electrons. The Morgan fingerprint density at radius 2 is 2.15 bits per heavy atom. The lowest BCUT2D eigenvalue weighted by molar-refractivity contribution is -0.120. The molecule has 0 radical (unpaired) electrons. The van der Waals surface area contributed by atoms with Crippen molar-refractivity contribution in [3.8, 4) is 0 Å². The third-order valence-electron chi connectivity index (χ3n) is 5.37. The molecule has 1 fully saturated rings. The number of hydrogen-bond donors (Lipinski definition) is 2. The highest BCUT2D eigenvalue weighted by molar-refractivity contribution is 6.01. The highest BCUT2D eigenvalue weighted by Gasteiger charge is 2.40.